The van der Waals surface area contributed by atoms with E-state index < -0.39 is 44.7 Å². The summed E-state index contributed by atoms with van der Waals surface area (Å²) >= 11 is 0. The van der Waals surface area contributed by atoms with Gasteiger partial charge in [0.15, 0.2) is 6.10 Å². The van der Waals surface area contributed by atoms with E-state index in [0.717, 1.165) is 101 Å². The van der Waals surface area contributed by atoms with Crippen LogP contribution < -0.4 is 4.89 Å². The third-order valence-corrected chi connectivity index (χ3v) is 11.7. The van der Waals surface area contributed by atoms with Crippen molar-refractivity contribution in [1.82, 2.24) is 0 Å². The lowest BCUT2D eigenvalue weighted by Crippen LogP contribution is -2.37. The predicted molar refractivity (Wildman–Crippen MR) is 233 cm³/mol. The first kappa shape index (κ1) is 55.0. The molecule has 59 heavy (non-hydrogen) atoms. The highest BCUT2D eigenvalue weighted by Crippen LogP contribution is 2.38. The van der Waals surface area contributed by atoms with Crippen LogP contribution in [-0.2, 0) is 45.5 Å². The van der Waals surface area contributed by atoms with Gasteiger partial charge in [0.25, 0.3) is 7.82 Å². The van der Waals surface area contributed by atoms with Crippen molar-refractivity contribution in [3.63, 3.8) is 0 Å². The van der Waals surface area contributed by atoms with Gasteiger partial charge < -0.3 is 42.5 Å². The first-order chi connectivity index (χ1) is 28.1. The van der Waals surface area contributed by atoms with Gasteiger partial charge in [-0.1, -0.05) is 103 Å². The fraction of sp³-hybridized carbons (Fsp3) is 0.826. The highest BCUT2D eigenvalue weighted by Gasteiger charge is 2.22. The molecule has 0 aliphatic carbocycles. The Morgan fingerprint density at radius 1 is 0.712 bits per heavy atom. The maximum Gasteiger partial charge on any atom is 0.306 e. The van der Waals surface area contributed by atoms with Crippen molar-refractivity contribution in [2.24, 2.45) is 0 Å². The van der Waals surface area contributed by atoms with Crippen LogP contribution >= 0.6 is 7.82 Å². The lowest BCUT2D eigenvalue weighted by atomic mass is 10.0. The molecule has 0 aliphatic heterocycles. The Bertz CT molecular complexity index is 1320. The Hall–Kier alpha value is -2.05. The lowest BCUT2D eigenvalue weighted by molar-refractivity contribution is -0.870. The predicted octanol–water partition coefficient (Wildman–Crippen LogP) is 9.54. The van der Waals surface area contributed by atoms with E-state index in [-0.39, 0.29) is 26.1 Å². The van der Waals surface area contributed by atoms with Gasteiger partial charge in [0.05, 0.1) is 40.0 Å². The molecule has 1 rings (SSSR count). The summed E-state index contributed by atoms with van der Waals surface area (Å²) in [5.41, 5.74) is 2.58. The number of likely N-dealkylation sites (N-methyl/N-ethyl adjacent to an activating group) is 1. The molecule has 344 valence electrons. The fourth-order valence-corrected chi connectivity index (χ4v) is 7.35. The van der Waals surface area contributed by atoms with Crippen molar-refractivity contribution < 1.29 is 56.7 Å². The molecule has 0 saturated heterocycles. The minimum absolute atomic E-state index is 0.0642. The molecule has 0 aliphatic rings. The van der Waals surface area contributed by atoms with Crippen LogP contribution in [0.1, 0.15) is 178 Å². The van der Waals surface area contributed by atoms with Crippen LogP contribution in [0.25, 0.3) is 0 Å². The number of hydrogen-bond donors (Lipinski definition) is 2. The number of nitrogens with zero attached hydrogens (tertiary/aromatic N) is 1. The fourth-order valence-electron chi connectivity index (χ4n) is 6.62. The molecule has 0 amide bonds. The molecule has 0 bridgehead atoms. The van der Waals surface area contributed by atoms with Crippen LogP contribution in [0.2, 0.25) is 0 Å². The van der Waals surface area contributed by atoms with Gasteiger partial charge >= 0.3 is 11.9 Å². The number of aryl methyl sites for hydroxylation is 2. The van der Waals surface area contributed by atoms with Crippen molar-refractivity contribution in [2.45, 2.75) is 200 Å². The van der Waals surface area contributed by atoms with Gasteiger partial charge in [-0.2, -0.15) is 0 Å². The first-order valence-electron chi connectivity index (χ1n) is 22.9. The van der Waals surface area contributed by atoms with Crippen molar-refractivity contribution >= 4 is 19.8 Å². The number of quaternary nitrogens is 1. The summed E-state index contributed by atoms with van der Waals surface area (Å²) in [6.45, 7) is 8.22. The van der Waals surface area contributed by atoms with Crippen molar-refractivity contribution in [2.75, 3.05) is 47.5 Å². The Balaban J connectivity index is 2.42. The lowest BCUT2D eigenvalue weighted by Gasteiger charge is -2.28. The van der Waals surface area contributed by atoms with Gasteiger partial charge in [0.2, 0.25) is 0 Å². The maximum absolute atomic E-state index is 12.8. The number of carbonyl (C=O) groups is 2. The molecule has 1 aromatic heterocycles. The van der Waals surface area contributed by atoms with Crippen molar-refractivity contribution in [3.8, 4) is 0 Å². The average Bonchev–Trinajstić information content (AvgIpc) is 3.44. The number of carbonyl (C=O) groups excluding carboxylic acids is 2. The number of phosphoric acid groups is 1. The SMILES string of the molecule is CCCCC/C=C\C[C@@H](O)[C@H](O)CCCCCCCC(=O)OC[C@H](COP(=O)([O-])OCC[N+](C)(C)C)OC(=O)CCCCCCCCc1oc(CCCCC)c(C)c1C. The molecule has 1 aromatic rings. The molecule has 0 radical (unpaired) electrons. The van der Waals surface area contributed by atoms with E-state index in [1.165, 1.54) is 36.8 Å². The summed E-state index contributed by atoms with van der Waals surface area (Å²) in [7, 11) is 1.05. The topological polar surface area (TPSA) is 165 Å². The number of hydrogen-bond acceptors (Lipinski definition) is 11. The number of unbranched alkanes of at least 4 members (excludes halogenated alkanes) is 14. The number of aliphatic hydroxyl groups is 2. The number of esters is 2. The molecular formula is C46H84NO11P. The number of rotatable bonds is 38. The minimum atomic E-state index is -4.68. The Labute approximate surface area is 358 Å². The average molecular weight is 858 g/mol. The summed E-state index contributed by atoms with van der Waals surface area (Å²) < 4.78 is 40.1. The number of furan rings is 1. The molecule has 1 heterocycles. The maximum atomic E-state index is 12.8. The third kappa shape index (κ3) is 29.0. The highest BCUT2D eigenvalue weighted by molar-refractivity contribution is 7.45. The van der Waals surface area contributed by atoms with E-state index in [4.69, 9.17) is 22.9 Å². The molecular weight excluding hydrogens is 773 g/mol. The van der Waals surface area contributed by atoms with Gasteiger partial charge in [0, 0.05) is 25.7 Å². The molecule has 13 heteroatoms. The summed E-state index contributed by atoms with van der Waals surface area (Å²) in [6, 6.07) is 0. The number of phosphoric ester groups is 1. The molecule has 0 aromatic carbocycles. The summed E-state index contributed by atoms with van der Waals surface area (Å²) in [5, 5.41) is 20.5. The zero-order valence-electron chi connectivity index (χ0n) is 38.1. The molecule has 0 saturated carbocycles. The quantitative estimate of drug-likeness (QED) is 0.0214. The zero-order chi connectivity index (χ0) is 43.9. The van der Waals surface area contributed by atoms with E-state index in [9.17, 15) is 29.3 Å². The Morgan fingerprint density at radius 3 is 1.86 bits per heavy atom. The smallest absolute Gasteiger partial charge is 0.306 e. The second-order valence-electron chi connectivity index (χ2n) is 17.3. The van der Waals surface area contributed by atoms with Crippen LogP contribution in [0.5, 0.6) is 0 Å². The van der Waals surface area contributed by atoms with Crippen molar-refractivity contribution in [1.29, 1.82) is 0 Å². The van der Waals surface area contributed by atoms with Gasteiger partial charge in [-0.3, -0.25) is 14.2 Å². The molecule has 0 spiro atoms. The monoisotopic (exact) mass is 858 g/mol. The van der Waals surface area contributed by atoms with E-state index in [1.807, 2.05) is 27.2 Å². The van der Waals surface area contributed by atoms with Crippen LogP contribution in [0.15, 0.2) is 16.6 Å². The summed E-state index contributed by atoms with van der Waals surface area (Å²) in [5.74, 6) is 1.27. The normalized spacial score (nSPS) is 14.7. The van der Waals surface area contributed by atoms with E-state index in [0.29, 0.717) is 36.7 Å². The van der Waals surface area contributed by atoms with Crippen LogP contribution in [0.3, 0.4) is 0 Å². The third-order valence-electron chi connectivity index (χ3n) is 10.7. The molecule has 0 fully saturated rings. The zero-order valence-corrected chi connectivity index (χ0v) is 39.0. The standard InChI is InChI=1S/C46H84NO11P/c1-8-10-12-13-17-23-28-41(48)42(49)29-24-18-16-21-26-32-45(50)54-36-40(37-56-59(52,53)55-35-34-47(5,6)7)57-46(51)33-27-20-15-14-19-25-31-44-39(4)38(3)43(58-44)30-22-11-9-2/h17,23,40-42,48-49H,8-16,18-22,24-37H2,1-7H3/b23-17-/t40-,41-,42-/m1/s1. The van der Waals surface area contributed by atoms with Crippen LogP contribution in [0.4, 0.5) is 0 Å². The largest absolute Gasteiger partial charge is 0.756 e. The van der Waals surface area contributed by atoms with E-state index >= 15 is 0 Å². The molecule has 2 N–H and O–H groups in total. The molecule has 4 atom stereocenters. The van der Waals surface area contributed by atoms with Gasteiger partial charge in [-0.15, -0.1) is 0 Å². The van der Waals surface area contributed by atoms with Gasteiger partial charge in [0.1, 0.15) is 31.3 Å². The second kappa shape index (κ2) is 32.6. The summed E-state index contributed by atoms with van der Waals surface area (Å²) in [6.07, 6.45) is 22.4. The van der Waals surface area contributed by atoms with E-state index in [2.05, 4.69) is 33.8 Å². The number of allylic oxidation sites excluding steroid dienone is 1. The Morgan fingerprint density at radius 2 is 1.25 bits per heavy atom. The van der Waals surface area contributed by atoms with Crippen LogP contribution in [-0.4, -0.2) is 92.5 Å². The first-order valence-corrected chi connectivity index (χ1v) is 24.4. The number of aliphatic hydroxyl groups excluding tert-OH is 2. The molecule has 1 unspecified atom stereocenters. The minimum Gasteiger partial charge on any atom is -0.756 e. The van der Waals surface area contributed by atoms with Crippen molar-refractivity contribution in [3.05, 3.63) is 34.8 Å². The van der Waals surface area contributed by atoms with Gasteiger partial charge in [-0.05, 0) is 76.3 Å². The molecule has 12 nitrogen and oxygen atoms in total. The number of ether oxygens (including phenoxy) is 2. The summed E-state index contributed by atoms with van der Waals surface area (Å²) in [4.78, 5) is 37.7. The van der Waals surface area contributed by atoms with Gasteiger partial charge in [-0.25, -0.2) is 0 Å². The van der Waals surface area contributed by atoms with Crippen LogP contribution in [0, 0.1) is 13.8 Å². The second-order valence-corrected chi connectivity index (χ2v) is 18.7. The highest BCUT2D eigenvalue weighted by atomic mass is 31.2. The van der Waals surface area contributed by atoms with E-state index in [1.54, 1.807) is 0 Å². The Kier molecular flexibility index (Phi) is 30.4.